The highest BCUT2D eigenvalue weighted by Crippen LogP contribution is 2.18. The van der Waals surface area contributed by atoms with Gasteiger partial charge in [-0.15, -0.1) is 0 Å². The number of nitrogens with two attached hydrogens (primary N) is 1. The number of H-pyrrole nitrogens is 1. The first-order valence-corrected chi connectivity index (χ1v) is 5.02. The minimum absolute atomic E-state index is 0.200. The maximum atomic E-state index is 10.6. The summed E-state index contributed by atoms with van der Waals surface area (Å²) in [6, 6.07) is 1.69. The van der Waals surface area contributed by atoms with Gasteiger partial charge in [0.2, 0.25) is 5.91 Å². The number of hydrogen-bond acceptors (Lipinski definition) is 5. The number of nitrogens with one attached hydrogen (secondary N) is 1. The summed E-state index contributed by atoms with van der Waals surface area (Å²) in [6.07, 6.45) is 0.120. The van der Waals surface area contributed by atoms with Crippen LogP contribution in [0.15, 0.2) is 18.5 Å². The highest BCUT2D eigenvalue weighted by molar-refractivity contribution is 5.74. The molecular weight excluding hydrogens is 224 g/mol. The molecule has 2 atom stereocenters. The van der Waals surface area contributed by atoms with Gasteiger partial charge in [-0.2, -0.15) is 0 Å². The van der Waals surface area contributed by atoms with E-state index >= 15 is 0 Å². The normalized spacial score (nSPS) is 14.7. The van der Waals surface area contributed by atoms with Crippen LogP contribution in [0.25, 0.3) is 11.2 Å². The second-order valence-corrected chi connectivity index (χ2v) is 3.69. The first kappa shape index (κ1) is 11.5. The van der Waals surface area contributed by atoms with Gasteiger partial charge in [-0.25, -0.2) is 9.97 Å². The summed E-state index contributed by atoms with van der Waals surface area (Å²) >= 11 is 0. The van der Waals surface area contributed by atoms with Gasteiger partial charge in [0, 0.05) is 6.20 Å². The van der Waals surface area contributed by atoms with Crippen molar-refractivity contribution in [3.8, 4) is 0 Å². The summed E-state index contributed by atoms with van der Waals surface area (Å²) in [5.74, 6) is -0.688. The lowest BCUT2D eigenvalue weighted by molar-refractivity contribution is -0.121. The Hall–Kier alpha value is -1.99. The molecule has 0 fully saturated rings. The zero-order valence-electron chi connectivity index (χ0n) is 8.87. The molecule has 0 aromatic carbocycles. The van der Waals surface area contributed by atoms with Crippen molar-refractivity contribution in [1.82, 2.24) is 15.0 Å². The van der Waals surface area contributed by atoms with Gasteiger partial charge in [-0.1, -0.05) is 0 Å². The van der Waals surface area contributed by atoms with E-state index in [-0.39, 0.29) is 12.1 Å². The number of aliphatic hydroxyl groups excluding tert-OH is 2. The van der Waals surface area contributed by atoms with Crippen LogP contribution in [0, 0.1) is 0 Å². The Morgan fingerprint density at radius 2 is 2.29 bits per heavy atom. The van der Waals surface area contributed by atoms with Gasteiger partial charge in [0.1, 0.15) is 11.6 Å². The molecule has 17 heavy (non-hydrogen) atoms. The average Bonchev–Trinajstić information content (AvgIpc) is 2.73. The van der Waals surface area contributed by atoms with Crippen molar-refractivity contribution in [3.05, 3.63) is 24.2 Å². The SMILES string of the molecule is NC(=O)CC(O)C(O)c1cnc2[nH]ccc2n1. The number of fused-ring (bicyclic) bond motifs is 1. The zero-order valence-corrected chi connectivity index (χ0v) is 8.87. The molecule has 2 aromatic rings. The molecule has 2 heterocycles. The minimum Gasteiger partial charge on any atom is -0.389 e. The van der Waals surface area contributed by atoms with Crippen LogP contribution in [0.4, 0.5) is 0 Å². The van der Waals surface area contributed by atoms with Gasteiger partial charge in [0.15, 0.2) is 5.65 Å². The highest BCUT2D eigenvalue weighted by atomic mass is 16.3. The van der Waals surface area contributed by atoms with Crippen LogP contribution in [0.3, 0.4) is 0 Å². The van der Waals surface area contributed by atoms with Crippen molar-refractivity contribution >= 4 is 17.1 Å². The third-order valence-corrected chi connectivity index (χ3v) is 2.36. The van der Waals surface area contributed by atoms with Crippen molar-refractivity contribution in [2.75, 3.05) is 0 Å². The third-order valence-electron chi connectivity index (χ3n) is 2.36. The van der Waals surface area contributed by atoms with Gasteiger partial charge >= 0.3 is 0 Å². The van der Waals surface area contributed by atoms with Gasteiger partial charge in [0.05, 0.1) is 24.4 Å². The molecule has 7 nitrogen and oxygen atoms in total. The summed E-state index contributed by atoms with van der Waals surface area (Å²) in [4.78, 5) is 21.6. The first-order valence-electron chi connectivity index (χ1n) is 5.02. The molecule has 0 aliphatic rings. The van der Waals surface area contributed by atoms with Crippen LogP contribution < -0.4 is 5.73 Å². The Morgan fingerprint density at radius 1 is 1.53 bits per heavy atom. The predicted octanol–water partition coefficient (Wildman–Crippen LogP) is -0.772. The van der Waals surface area contributed by atoms with E-state index in [0.29, 0.717) is 11.2 Å². The third kappa shape index (κ3) is 2.40. The van der Waals surface area contributed by atoms with Crippen molar-refractivity contribution in [2.45, 2.75) is 18.6 Å². The van der Waals surface area contributed by atoms with Gasteiger partial charge in [-0.05, 0) is 6.07 Å². The van der Waals surface area contributed by atoms with Crippen LogP contribution in [0.1, 0.15) is 18.2 Å². The van der Waals surface area contributed by atoms with Gasteiger partial charge < -0.3 is 20.9 Å². The van der Waals surface area contributed by atoms with E-state index in [1.807, 2.05) is 0 Å². The number of carbonyl (C=O) groups is 1. The topological polar surface area (TPSA) is 125 Å². The smallest absolute Gasteiger partial charge is 0.220 e. The van der Waals surface area contributed by atoms with Gasteiger partial charge in [-0.3, -0.25) is 4.79 Å². The number of aromatic amines is 1. The van der Waals surface area contributed by atoms with Crippen molar-refractivity contribution < 1.29 is 15.0 Å². The molecule has 2 unspecified atom stereocenters. The summed E-state index contributed by atoms with van der Waals surface area (Å²) < 4.78 is 0. The van der Waals surface area contributed by atoms with Crippen LogP contribution in [0.2, 0.25) is 0 Å². The number of aliphatic hydroxyl groups is 2. The molecule has 0 saturated heterocycles. The van der Waals surface area contributed by atoms with Crippen LogP contribution in [-0.4, -0.2) is 37.2 Å². The fraction of sp³-hybridized carbons (Fsp3) is 0.300. The van der Waals surface area contributed by atoms with E-state index in [0.717, 1.165) is 0 Å². The molecule has 2 aromatic heterocycles. The second-order valence-electron chi connectivity index (χ2n) is 3.69. The number of rotatable bonds is 4. The van der Waals surface area contributed by atoms with Gasteiger partial charge in [0.25, 0.3) is 0 Å². The predicted molar refractivity (Wildman–Crippen MR) is 58.7 cm³/mol. The summed E-state index contributed by atoms with van der Waals surface area (Å²) in [5, 5.41) is 19.3. The lowest BCUT2D eigenvalue weighted by Crippen LogP contribution is -2.26. The average molecular weight is 236 g/mol. The molecule has 0 spiro atoms. The largest absolute Gasteiger partial charge is 0.389 e. The summed E-state index contributed by atoms with van der Waals surface area (Å²) in [7, 11) is 0. The molecule has 0 aliphatic heterocycles. The standard InChI is InChI=1S/C10H12N4O3/c11-8(16)3-7(15)9(17)6-4-13-10-5(14-6)1-2-12-10/h1-2,4,7,9,15,17H,3H2,(H2,11,16)(H,12,13). The monoisotopic (exact) mass is 236 g/mol. The minimum atomic E-state index is -1.28. The van der Waals surface area contributed by atoms with E-state index < -0.39 is 18.1 Å². The molecule has 90 valence electrons. The molecular formula is C10H12N4O3. The lowest BCUT2D eigenvalue weighted by atomic mass is 10.1. The molecule has 2 rings (SSSR count). The summed E-state index contributed by atoms with van der Waals surface area (Å²) in [6.45, 7) is 0. The van der Waals surface area contributed by atoms with Crippen LogP contribution in [0.5, 0.6) is 0 Å². The van der Waals surface area contributed by atoms with E-state index in [1.165, 1.54) is 6.20 Å². The molecule has 0 aliphatic carbocycles. The van der Waals surface area contributed by atoms with Crippen molar-refractivity contribution in [3.63, 3.8) is 0 Å². The molecule has 0 radical (unpaired) electrons. The molecule has 1 amide bonds. The molecule has 5 N–H and O–H groups in total. The first-order chi connectivity index (χ1) is 8.08. The van der Waals surface area contributed by atoms with E-state index in [2.05, 4.69) is 15.0 Å². The maximum absolute atomic E-state index is 10.6. The van der Waals surface area contributed by atoms with Crippen LogP contribution >= 0.6 is 0 Å². The highest BCUT2D eigenvalue weighted by Gasteiger charge is 2.22. The van der Waals surface area contributed by atoms with E-state index in [1.54, 1.807) is 12.3 Å². The maximum Gasteiger partial charge on any atom is 0.220 e. The Kier molecular flexibility index (Phi) is 3.03. The summed E-state index contributed by atoms with van der Waals surface area (Å²) in [5.41, 5.74) is 6.30. The number of hydrogen-bond donors (Lipinski definition) is 4. The number of carbonyl (C=O) groups excluding carboxylic acids is 1. The molecule has 7 heteroatoms. The Morgan fingerprint density at radius 3 is 3.00 bits per heavy atom. The second kappa shape index (κ2) is 4.48. The Bertz CT molecular complexity index is 539. The van der Waals surface area contributed by atoms with Crippen LogP contribution in [-0.2, 0) is 4.79 Å². The Labute approximate surface area is 96.3 Å². The lowest BCUT2D eigenvalue weighted by Gasteiger charge is -2.15. The number of amides is 1. The number of primary amides is 1. The molecule has 0 bridgehead atoms. The fourth-order valence-electron chi connectivity index (χ4n) is 1.50. The zero-order chi connectivity index (χ0) is 12.4. The Balaban J connectivity index is 2.23. The number of aromatic nitrogens is 3. The molecule has 0 saturated carbocycles. The van der Waals surface area contributed by atoms with E-state index in [4.69, 9.17) is 5.73 Å². The van der Waals surface area contributed by atoms with E-state index in [9.17, 15) is 15.0 Å². The quantitative estimate of drug-likeness (QED) is 0.554. The van der Waals surface area contributed by atoms with Crippen molar-refractivity contribution in [2.24, 2.45) is 5.73 Å². The fourth-order valence-corrected chi connectivity index (χ4v) is 1.50. The van der Waals surface area contributed by atoms with Crippen molar-refractivity contribution in [1.29, 1.82) is 0 Å². The number of nitrogens with zero attached hydrogens (tertiary/aromatic N) is 2.